The van der Waals surface area contributed by atoms with Crippen molar-refractivity contribution in [3.63, 3.8) is 0 Å². The van der Waals surface area contributed by atoms with E-state index in [0.717, 1.165) is 36.3 Å². The van der Waals surface area contributed by atoms with Gasteiger partial charge in [0.15, 0.2) is 0 Å². The van der Waals surface area contributed by atoms with E-state index in [4.69, 9.17) is 11.5 Å². The minimum atomic E-state index is -4.54. The Balaban J connectivity index is 1.93. The molecule has 2 aromatic rings. The molecule has 9 heteroatoms. The van der Waals surface area contributed by atoms with Crippen LogP contribution in [-0.2, 0) is 12.7 Å². The molecule has 1 aromatic heterocycles. The third kappa shape index (κ3) is 4.97. The first-order valence-corrected chi connectivity index (χ1v) is 9.74. The fraction of sp³-hybridized carbons (Fsp3) is 0.500. The number of alkyl halides is 3. The molecule has 0 radical (unpaired) electrons. The number of hydrogen-bond donors (Lipinski definition) is 2. The molecule has 1 aliphatic rings. The Morgan fingerprint density at radius 1 is 1.21 bits per heavy atom. The summed E-state index contributed by atoms with van der Waals surface area (Å²) in [4.78, 5) is 17.7. The van der Waals surface area contributed by atoms with Gasteiger partial charge in [0.1, 0.15) is 5.82 Å². The average molecular weight is 409 g/mol. The fourth-order valence-corrected chi connectivity index (χ4v) is 3.91. The van der Waals surface area contributed by atoms with Gasteiger partial charge in [-0.2, -0.15) is 18.2 Å². The predicted molar refractivity (Wildman–Crippen MR) is 106 cm³/mol. The van der Waals surface area contributed by atoms with Crippen LogP contribution in [0.1, 0.15) is 43.7 Å². The standard InChI is InChI=1S/C20H26F3N5O/c1-2-27(15-7-4-14(24)5-8-15)12-13-3-6-16(11-17(13)20(21,22)23)28-10-9-18(25)26-19(28)29/h3,6,9-11,14-15H,2,4-5,7-8,12,24H2,1H3,(H2,25,26,29)/t14-,15-. The van der Waals surface area contributed by atoms with Crippen LogP contribution < -0.4 is 17.2 Å². The van der Waals surface area contributed by atoms with Gasteiger partial charge < -0.3 is 11.5 Å². The van der Waals surface area contributed by atoms with Crippen LogP contribution in [0.2, 0.25) is 0 Å². The lowest BCUT2D eigenvalue weighted by atomic mass is 9.90. The number of hydrogen-bond acceptors (Lipinski definition) is 5. The maximum Gasteiger partial charge on any atom is 0.416 e. The summed E-state index contributed by atoms with van der Waals surface area (Å²) in [6.45, 7) is 2.80. The average Bonchev–Trinajstić information content (AvgIpc) is 2.66. The van der Waals surface area contributed by atoms with Crippen LogP contribution in [-0.4, -0.2) is 33.1 Å². The van der Waals surface area contributed by atoms with Crippen molar-refractivity contribution in [2.45, 2.75) is 57.4 Å². The zero-order valence-electron chi connectivity index (χ0n) is 16.3. The Hall–Kier alpha value is -2.39. The van der Waals surface area contributed by atoms with Crippen molar-refractivity contribution in [3.05, 3.63) is 52.1 Å². The van der Waals surface area contributed by atoms with Crippen molar-refractivity contribution in [3.8, 4) is 5.69 Å². The maximum atomic E-state index is 13.8. The van der Waals surface area contributed by atoms with Gasteiger partial charge in [-0.15, -0.1) is 0 Å². The van der Waals surface area contributed by atoms with Crippen LogP contribution in [0.25, 0.3) is 5.69 Å². The van der Waals surface area contributed by atoms with Crippen molar-refractivity contribution in [2.24, 2.45) is 5.73 Å². The molecular weight excluding hydrogens is 383 g/mol. The van der Waals surface area contributed by atoms with Crippen molar-refractivity contribution in [1.82, 2.24) is 14.5 Å². The molecule has 0 bridgehead atoms. The van der Waals surface area contributed by atoms with Gasteiger partial charge in [-0.25, -0.2) is 4.79 Å². The molecule has 1 aromatic carbocycles. The van der Waals surface area contributed by atoms with E-state index < -0.39 is 17.4 Å². The lowest BCUT2D eigenvalue weighted by Crippen LogP contribution is -2.40. The fourth-order valence-electron chi connectivity index (χ4n) is 3.91. The van der Waals surface area contributed by atoms with Crippen LogP contribution >= 0.6 is 0 Å². The smallest absolute Gasteiger partial charge is 0.383 e. The van der Waals surface area contributed by atoms with Crippen molar-refractivity contribution in [1.29, 1.82) is 0 Å². The van der Waals surface area contributed by atoms with Gasteiger partial charge in [-0.1, -0.05) is 13.0 Å². The van der Waals surface area contributed by atoms with Gasteiger partial charge in [-0.3, -0.25) is 9.47 Å². The van der Waals surface area contributed by atoms with Gasteiger partial charge in [0.2, 0.25) is 0 Å². The van der Waals surface area contributed by atoms with Crippen LogP contribution in [0.15, 0.2) is 35.3 Å². The minimum absolute atomic E-state index is 0.0182. The van der Waals surface area contributed by atoms with Crippen LogP contribution in [0.5, 0.6) is 0 Å². The molecule has 1 fully saturated rings. The highest BCUT2D eigenvalue weighted by atomic mass is 19.4. The molecule has 0 amide bonds. The number of rotatable bonds is 5. The molecule has 0 saturated heterocycles. The number of anilines is 1. The summed E-state index contributed by atoms with van der Waals surface area (Å²) in [5, 5.41) is 0. The Kier molecular flexibility index (Phi) is 6.28. The molecule has 0 atom stereocenters. The van der Waals surface area contributed by atoms with E-state index in [9.17, 15) is 18.0 Å². The first-order valence-electron chi connectivity index (χ1n) is 9.74. The molecule has 0 unspecified atom stereocenters. The molecule has 158 valence electrons. The highest BCUT2D eigenvalue weighted by Crippen LogP contribution is 2.35. The molecular formula is C20H26F3N5O. The molecule has 1 heterocycles. The van der Waals surface area contributed by atoms with Crippen LogP contribution in [0.3, 0.4) is 0 Å². The molecule has 1 saturated carbocycles. The maximum absolute atomic E-state index is 13.8. The third-order valence-corrected chi connectivity index (χ3v) is 5.54. The second-order valence-electron chi connectivity index (χ2n) is 7.48. The molecule has 0 spiro atoms. The molecule has 4 N–H and O–H groups in total. The van der Waals surface area contributed by atoms with E-state index in [0.29, 0.717) is 6.54 Å². The lowest BCUT2D eigenvalue weighted by molar-refractivity contribution is -0.138. The van der Waals surface area contributed by atoms with Crippen molar-refractivity contribution >= 4 is 5.82 Å². The largest absolute Gasteiger partial charge is 0.416 e. The molecule has 6 nitrogen and oxygen atoms in total. The highest BCUT2D eigenvalue weighted by molar-refractivity contribution is 5.43. The molecule has 3 rings (SSSR count). The second kappa shape index (κ2) is 8.54. The normalized spacial score (nSPS) is 20.2. The van der Waals surface area contributed by atoms with Gasteiger partial charge in [0.25, 0.3) is 0 Å². The van der Waals surface area contributed by atoms with Crippen LogP contribution in [0.4, 0.5) is 19.0 Å². The van der Waals surface area contributed by atoms with Crippen LogP contribution in [0, 0.1) is 0 Å². The first kappa shape index (κ1) is 21.3. The van der Waals surface area contributed by atoms with E-state index in [-0.39, 0.29) is 35.7 Å². The third-order valence-electron chi connectivity index (χ3n) is 5.54. The van der Waals surface area contributed by atoms with E-state index in [1.165, 1.54) is 24.4 Å². The number of aromatic nitrogens is 2. The number of nitrogens with two attached hydrogens (primary N) is 2. The summed E-state index contributed by atoms with van der Waals surface area (Å²) in [6.07, 6.45) is 0.342. The summed E-state index contributed by atoms with van der Waals surface area (Å²) in [5.74, 6) is 0.0182. The second-order valence-corrected chi connectivity index (χ2v) is 7.48. The van der Waals surface area contributed by atoms with Gasteiger partial charge in [-0.05, 0) is 56.0 Å². The summed E-state index contributed by atoms with van der Waals surface area (Å²) in [5.41, 5.74) is 10.2. The SMILES string of the molecule is CCN(Cc1ccc(-n2ccc(N)nc2=O)cc1C(F)(F)F)[C@H]1CC[C@H](N)CC1. The number of benzene rings is 1. The predicted octanol–water partition coefficient (Wildman–Crippen LogP) is 2.93. The number of nitrogen functional groups attached to an aromatic ring is 1. The number of nitrogens with zero attached hydrogens (tertiary/aromatic N) is 3. The first-order chi connectivity index (χ1) is 13.7. The van der Waals surface area contributed by atoms with Crippen molar-refractivity contribution in [2.75, 3.05) is 12.3 Å². The van der Waals surface area contributed by atoms with E-state index in [1.54, 1.807) is 0 Å². The monoisotopic (exact) mass is 409 g/mol. The Morgan fingerprint density at radius 2 is 1.90 bits per heavy atom. The Bertz CT molecular complexity index is 904. The summed E-state index contributed by atoms with van der Waals surface area (Å²) in [6, 6.07) is 5.73. The molecule has 1 aliphatic carbocycles. The minimum Gasteiger partial charge on any atom is -0.383 e. The summed E-state index contributed by atoms with van der Waals surface area (Å²) in [7, 11) is 0. The lowest BCUT2D eigenvalue weighted by Gasteiger charge is -2.36. The Labute approximate surface area is 167 Å². The zero-order valence-corrected chi connectivity index (χ0v) is 16.3. The van der Waals surface area contributed by atoms with Crippen molar-refractivity contribution < 1.29 is 13.2 Å². The van der Waals surface area contributed by atoms with E-state index in [1.807, 2.05) is 6.92 Å². The zero-order chi connectivity index (χ0) is 21.2. The summed E-state index contributed by atoms with van der Waals surface area (Å²) >= 11 is 0. The van der Waals surface area contributed by atoms with Gasteiger partial charge >= 0.3 is 11.9 Å². The molecule has 0 aliphatic heterocycles. The quantitative estimate of drug-likeness (QED) is 0.793. The van der Waals surface area contributed by atoms with E-state index in [2.05, 4.69) is 9.88 Å². The Morgan fingerprint density at radius 3 is 2.48 bits per heavy atom. The van der Waals surface area contributed by atoms with Gasteiger partial charge in [0.05, 0.1) is 11.3 Å². The van der Waals surface area contributed by atoms with Gasteiger partial charge in [0, 0.05) is 24.8 Å². The summed E-state index contributed by atoms with van der Waals surface area (Å²) < 4.78 is 42.4. The molecule has 29 heavy (non-hydrogen) atoms. The topological polar surface area (TPSA) is 90.2 Å². The van der Waals surface area contributed by atoms with E-state index >= 15 is 0 Å². The number of halogens is 3. The highest BCUT2D eigenvalue weighted by Gasteiger charge is 2.35.